The van der Waals surface area contributed by atoms with Gasteiger partial charge in [0, 0.05) is 21.2 Å². The largest absolute Gasteiger partial charge is 0.316 e. The van der Waals surface area contributed by atoms with Crippen LogP contribution in [0.4, 0.5) is 0 Å². The highest BCUT2D eigenvalue weighted by molar-refractivity contribution is 9.10. The predicted molar refractivity (Wildman–Crippen MR) is 63.9 cm³/mol. The third-order valence-corrected chi connectivity index (χ3v) is 4.10. The Morgan fingerprint density at radius 2 is 2.00 bits per heavy atom. The number of halogens is 1. The first-order valence-corrected chi connectivity index (χ1v) is 6.56. The molecule has 0 aliphatic rings. The highest BCUT2D eigenvalue weighted by atomic mass is 79.9. The van der Waals surface area contributed by atoms with Gasteiger partial charge in [-0.3, -0.25) is 4.21 Å². The maximum absolute atomic E-state index is 11.8. The average molecular weight is 276 g/mol. The zero-order valence-corrected chi connectivity index (χ0v) is 10.7. The molecule has 0 aliphatic heterocycles. The highest BCUT2D eigenvalue weighted by Gasteiger charge is 2.07. The fourth-order valence-corrected chi connectivity index (χ4v) is 2.51. The monoisotopic (exact) mass is 275 g/mol. The van der Waals surface area contributed by atoms with Gasteiger partial charge in [-0.1, -0.05) is 15.9 Å². The van der Waals surface area contributed by atoms with Gasteiger partial charge in [0.2, 0.25) is 0 Å². The number of hydrogen-bond donors (Lipinski definition) is 1. The van der Waals surface area contributed by atoms with Crippen LogP contribution in [-0.4, -0.2) is 23.1 Å². The lowest BCUT2D eigenvalue weighted by atomic mass is 10.4. The van der Waals surface area contributed by atoms with Gasteiger partial charge in [0.15, 0.2) is 0 Å². The normalized spacial score (nSPS) is 15.1. The Bertz CT molecular complexity index is 312. The molecule has 1 aromatic rings. The van der Waals surface area contributed by atoms with Gasteiger partial charge in [-0.05, 0) is 38.2 Å². The molecular formula is C10H14BrNOS. The molecule has 0 saturated carbocycles. The van der Waals surface area contributed by atoms with Gasteiger partial charge >= 0.3 is 0 Å². The summed E-state index contributed by atoms with van der Waals surface area (Å²) < 4.78 is 12.8. The lowest BCUT2D eigenvalue weighted by molar-refractivity contribution is 0.646. The maximum atomic E-state index is 11.8. The van der Waals surface area contributed by atoms with E-state index >= 15 is 0 Å². The Morgan fingerprint density at radius 1 is 1.43 bits per heavy atom. The fraction of sp³-hybridized carbons (Fsp3) is 0.400. The van der Waals surface area contributed by atoms with Gasteiger partial charge in [-0.2, -0.15) is 0 Å². The number of nitrogens with one attached hydrogen (secondary N) is 1. The van der Waals surface area contributed by atoms with Crippen LogP contribution in [-0.2, 0) is 10.8 Å². The highest BCUT2D eigenvalue weighted by Crippen LogP contribution is 2.13. The molecule has 1 aromatic carbocycles. The van der Waals surface area contributed by atoms with Crippen molar-refractivity contribution in [2.75, 3.05) is 12.8 Å². The van der Waals surface area contributed by atoms with Crippen LogP contribution in [0, 0.1) is 0 Å². The molecule has 0 aromatic heterocycles. The molecule has 14 heavy (non-hydrogen) atoms. The molecule has 2 atom stereocenters. The maximum Gasteiger partial charge on any atom is 0.0545 e. The Hall–Kier alpha value is -0.190. The lowest BCUT2D eigenvalue weighted by Gasteiger charge is -2.09. The zero-order valence-electron chi connectivity index (χ0n) is 8.29. The second kappa shape index (κ2) is 5.63. The van der Waals surface area contributed by atoms with Gasteiger partial charge in [-0.15, -0.1) is 0 Å². The van der Waals surface area contributed by atoms with Crippen molar-refractivity contribution in [3.63, 3.8) is 0 Å². The molecule has 4 heteroatoms. The van der Waals surface area contributed by atoms with Crippen molar-refractivity contribution in [3.8, 4) is 0 Å². The van der Waals surface area contributed by atoms with Gasteiger partial charge in [-0.25, -0.2) is 0 Å². The second-order valence-electron chi connectivity index (χ2n) is 3.16. The van der Waals surface area contributed by atoms with E-state index in [1.165, 1.54) is 0 Å². The fourth-order valence-electron chi connectivity index (χ4n) is 0.993. The zero-order chi connectivity index (χ0) is 10.6. The van der Waals surface area contributed by atoms with Crippen molar-refractivity contribution < 1.29 is 4.21 Å². The molecule has 2 nitrogen and oxygen atoms in total. The van der Waals surface area contributed by atoms with Crippen LogP contribution < -0.4 is 5.32 Å². The minimum Gasteiger partial charge on any atom is -0.316 e. The summed E-state index contributed by atoms with van der Waals surface area (Å²) in [5.41, 5.74) is 0. The van der Waals surface area contributed by atoms with Crippen LogP contribution in [0.3, 0.4) is 0 Å². The van der Waals surface area contributed by atoms with Crippen LogP contribution in [0.1, 0.15) is 6.92 Å². The smallest absolute Gasteiger partial charge is 0.0545 e. The first-order valence-electron chi connectivity index (χ1n) is 4.44. The molecule has 1 rings (SSSR count). The van der Waals surface area contributed by atoms with E-state index in [2.05, 4.69) is 21.2 Å². The van der Waals surface area contributed by atoms with Crippen molar-refractivity contribution in [2.24, 2.45) is 0 Å². The van der Waals surface area contributed by atoms with E-state index in [1.54, 1.807) is 0 Å². The van der Waals surface area contributed by atoms with Crippen LogP contribution >= 0.6 is 15.9 Å². The number of hydrogen-bond acceptors (Lipinski definition) is 2. The van der Waals surface area contributed by atoms with Gasteiger partial charge < -0.3 is 5.32 Å². The summed E-state index contributed by atoms with van der Waals surface area (Å²) in [5, 5.41) is 3.07. The topological polar surface area (TPSA) is 29.1 Å². The Kier molecular flexibility index (Phi) is 4.78. The number of rotatable bonds is 4. The third-order valence-electron chi connectivity index (χ3n) is 1.97. The molecule has 0 saturated heterocycles. The summed E-state index contributed by atoms with van der Waals surface area (Å²) in [4.78, 5) is 0.885. The summed E-state index contributed by atoms with van der Waals surface area (Å²) in [6.45, 7) is 2.02. The summed E-state index contributed by atoms with van der Waals surface area (Å²) >= 11 is 3.35. The van der Waals surface area contributed by atoms with Crippen molar-refractivity contribution in [1.29, 1.82) is 0 Å². The van der Waals surface area contributed by atoms with Gasteiger partial charge in [0.05, 0.1) is 10.8 Å². The molecule has 78 valence electrons. The van der Waals surface area contributed by atoms with E-state index in [9.17, 15) is 4.21 Å². The molecule has 1 N–H and O–H groups in total. The Morgan fingerprint density at radius 3 is 2.50 bits per heavy atom. The molecule has 0 aliphatic carbocycles. The molecule has 0 heterocycles. The SMILES string of the molecule is CNC(C)CS(=O)c1ccc(Br)cc1. The molecule has 0 fully saturated rings. The van der Waals surface area contributed by atoms with E-state index in [-0.39, 0.29) is 6.04 Å². The van der Waals surface area contributed by atoms with Crippen molar-refractivity contribution in [2.45, 2.75) is 17.9 Å². The van der Waals surface area contributed by atoms with Crippen LogP contribution in [0.2, 0.25) is 0 Å². The lowest BCUT2D eigenvalue weighted by Crippen LogP contribution is -2.27. The van der Waals surface area contributed by atoms with E-state index < -0.39 is 10.8 Å². The molecule has 2 unspecified atom stereocenters. The molecule has 0 amide bonds. The van der Waals surface area contributed by atoms with E-state index in [1.807, 2.05) is 38.2 Å². The standard InChI is InChI=1S/C10H14BrNOS/c1-8(12-2)7-14(13)10-5-3-9(11)4-6-10/h3-6,8,12H,7H2,1-2H3. The molecule has 0 bridgehead atoms. The minimum absolute atomic E-state index is 0.277. The Labute approximate surface area is 95.7 Å². The second-order valence-corrected chi connectivity index (χ2v) is 5.57. The quantitative estimate of drug-likeness (QED) is 0.913. The van der Waals surface area contributed by atoms with Crippen molar-refractivity contribution in [1.82, 2.24) is 5.32 Å². The first kappa shape index (κ1) is 11.9. The van der Waals surface area contributed by atoms with Gasteiger partial charge in [0.25, 0.3) is 0 Å². The molecule has 0 radical (unpaired) electrons. The first-order chi connectivity index (χ1) is 6.63. The summed E-state index contributed by atoms with van der Waals surface area (Å²) in [5.74, 6) is 0.651. The average Bonchev–Trinajstić information content (AvgIpc) is 2.18. The van der Waals surface area contributed by atoms with Crippen LogP contribution in [0.25, 0.3) is 0 Å². The summed E-state index contributed by atoms with van der Waals surface area (Å²) in [7, 11) is 0.973. The predicted octanol–water partition coefficient (Wildman–Crippen LogP) is 2.16. The van der Waals surface area contributed by atoms with Crippen molar-refractivity contribution in [3.05, 3.63) is 28.7 Å². The summed E-state index contributed by atoms with van der Waals surface area (Å²) in [6, 6.07) is 7.89. The number of benzene rings is 1. The van der Waals surface area contributed by atoms with E-state index in [4.69, 9.17) is 0 Å². The molecule has 0 spiro atoms. The van der Waals surface area contributed by atoms with E-state index in [0.29, 0.717) is 5.75 Å². The molecular weight excluding hydrogens is 262 g/mol. The third kappa shape index (κ3) is 3.52. The van der Waals surface area contributed by atoms with Crippen LogP contribution in [0.5, 0.6) is 0 Å². The summed E-state index contributed by atoms with van der Waals surface area (Å²) in [6.07, 6.45) is 0. The van der Waals surface area contributed by atoms with Gasteiger partial charge in [0.1, 0.15) is 0 Å². The Balaban J connectivity index is 2.65. The van der Waals surface area contributed by atoms with Crippen LogP contribution in [0.15, 0.2) is 33.6 Å². The minimum atomic E-state index is -0.905. The van der Waals surface area contributed by atoms with Crippen molar-refractivity contribution >= 4 is 26.7 Å². The van der Waals surface area contributed by atoms with E-state index in [0.717, 1.165) is 9.37 Å².